The number of aromatic nitrogens is 2. The molecule has 3 heteroatoms. The van der Waals surface area contributed by atoms with Crippen LogP contribution in [0.4, 0.5) is 0 Å². The zero-order chi connectivity index (χ0) is 24.3. The van der Waals surface area contributed by atoms with Gasteiger partial charge in [0.15, 0.2) is 5.82 Å². The van der Waals surface area contributed by atoms with E-state index in [0.717, 1.165) is 65.8 Å². The zero-order valence-corrected chi connectivity index (χ0v) is 19.8. The summed E-state index contributed by atoms with van der Waals surface area (Å²) in [5.74, 6) is 0.714. The first-order chi connectivity index (χ1) is 18.3. The zero-order valence-electron chi connectivity index (χ0n) is 19.8. The quantitative estimate of drug-likeness (QED) is 0.235. The summed E-state index contributed by atoms with van der Waals surface area (Å²) in [6, 6.07) is 41.9. The third kappa shape index (κ3) is 3.01. The Bertz CT molecular complexity index is 2140. The molecule has 8 aromatic rings. The van der Waals surface area contributed by atoms with Crippen molar-refractivity contribution < 1.29 is 4.42 Å². The van der Waals surface area contributed by atoms with Gasteiger partial charge in [0.25, 0.3) is 0 Å². The van der Waals surface area contributed by atoms with Gasteiger partial charge in [-0.2, -0.15) is 0 Å². The van der Waals surface area contributed by atoms with Gasteiger partial charge in [0.2, 0.25) is 0 Å². The van der Waals surface area contributed by atoms with Gasteiger partial charge in [0.05, 0.1) is 11.2 Å². The number of rotatable bonds is 2. The van der Waals surface area contributed by atoms with E-state index in [4.69, 9.17) is 14.4 Å². The maximum Gasteiger partial charge on any atom is 0.161 e. The molecule has 0 bridgehead atoms. The summed E-state index contributed by atoms with van der Waals surface area (Å²) in [5, 5.41) is 7.80. The Labute approximate surface area is 212 Å². The second-order valence-corrected chi connectivity index (χ2v) is 9.39. The Hall–Kier alpha value is -5.02. The first-order valence-corrected chi connectivity index (χ1v) is 12.4. The average Bonchev–Trinajstić information content (AvgIpc) is 3.36. The molecular formula is C34H20N2O. The number of hydrogen-bond donors (Lipinski definition) is 0. The molecule has 0 spiro atoms. The third-order valence-corrected chi connectivity index (χ3v) is 7.26. The number of fused-ring (bicyclic) bond motifs is 8. The highest BCUT2D eigenvalue weighted by Gasteiger charge is 2.18. The predicted octanol–water partition coefficient (Wildman–Crippen LogP) is 9.17. The Morgan fingerprint density at radius 3 is 2.14 bits per heavy atom. The summed E-state index contributed by atoms with van der Waals surface area (Å²) >= 11 is 0. The van der Waals surface area contributed by atoms with E-state index in [1.54, 1.807) is 0 Å². The Balaban J connectivity index is 1.55. The number of benzene rings is 6. The van der Waals surface area contributed by atoms with E-state index in [2.05, 4.69) is 103 Å². The van der Waals surface area contributed by atoms with Crippen LogP contribution in [-0.2, 0) is 0 Å². The van der Waals surface area contributed by atoms with E-state index < -0.39 is 0 Å². The molecule has 0 aliphatic carbocycles. The van der Waals surface area contributed by atoms with Crippen molar-refractivity contribution >= 4 is 54.4 Å². The molecular weight excluding hydrogens is 452 g/mol. The SMILES string of the molecule is c1ccc(-c2nc(-c3cccc4ccc5oc6ccccc6c5c34)nc3c2ccc2ccccc23)cc1. The fourth-order valence-corrected chi connectivity index (χ4v) is 5.58. The number of furan rings is 1. The topological polar surface area (TPSA) is 38.9 Å². The summed E-state index contributed by atoms with van der Waals surface area (Å²) in [4.78, 5) is 10.5. The lowest BCUT2D eigenvalue weighted by Gasteiger charge is -2.13. The fourth-order valence-electron chi connectivity index (χ4n) is 5.58. The van der Waals surface area contributed by atoms with Crippen molar-refractivity contribution in [1.82, 2.24) is 9.97 Å². The van der Waals surface area contributed by atoms with Crippen LogP contribution in [-0.4, -0.2) is 9.97 Å². The van der Waals surface area contributed by atoms with E-state index in [-0.39, 0.29) is 0 Å². The first-order valence-electron chi connectivity index (χ1n) is 12.4. The largest absolute Gasteiger partial charge is 0.456 e. The van der Waals surface area contributed by atoms with E-state index >= 15 is 0 Å². The van der Waals surface area contributed by atoms with Gasteiger partial charge >= 0.3 is 0 Å². The van der Waals surface area contributed by atoms with E-state index in [9.17, 15) is 0 Å². The van der Waals surface area contributed by atoms with Crippen LogP contribution in [0.3, 0.4) is 0 Å². The van der Waals surface area contributed by atoms with E-state index in [1.807, 2.05) is 18.2 Å². The summed E-state index contributed by atoms with van der Waals surface area (Å²) in [7, 11) is 0. The van der Waals surface area contributed by atoms with Crippen molar-refractivity contribution in [3.8, 4) is 22.6 Å². The van der Waals surface area contributed by atoms with Crippen LogP contribution < -0.4 is 0 Å². The Morgan fingerprint density at radius 1 is 0.459 bits per heavy atom. The van der Waals surface area contributed by atoms with Crippen molar-refractivity contribution in [1.29, 1.82) is 0 Å². The molecule has 0 aliphatic rings. The van der Waals surface area contributed by atoms with Crippen LogP contribution in [0, 0.1) is 0 Å². The van der Waals surface area contributed by atoms with Crippen molar-refractivity contribution in [2.45, 2.75) is 0 Å². The van der Waals surface area contributed by atoms with Crippen molar-refractivity contribution in [2.75, 3.05) is 0 Å². The molecule has 0 saturated heterocycles. The number of hydrogen-bond acceptors (Lipinski definition) is 3. The number of para-hydroxylation sites is 1. The lowest BCUT2D eigenvalue weighted by Crippen LogP contribution is -1.97. The molecule has 3 nitrogen and oxygen atoms in total. The minimum atomic E-state index is 0.714. The second kappa shape index (κ2) is 7.74. The van der Waals surface area contributed by atoms with Gasteiger partial charge in [-0.05, 0) is 29.0 Å². The summed E-state index contributed by atoms with van der Waals surface area (Å²) in [5.41, 5.74) is 5.73. The molecule has 0 unspecified atom stereocenters. The van der Waals surface area contributed by atoms with Crippen LogP contribution in [0.1, 0.15) is 0 Å². The van der Waals surface area contributed by atoms with Crippen LogP contribution >= 0.6 is 0 Å². The monoisotopic (exact) mass is 472 g/mol. The Morgan fingerprint density at radius 2 is 1.22 bits per heavy atom. The standard InChI is InChI=1S/C34H20N2O/c1-2-10-23(11-3-1)32-27-19-17-21-9-4-5-13-24(21)33(27)36-34(35-32)26-15-8-12-22-18-20-29-31(30(22)26)25-14-6-7-16-28(25)37-29/h1-20H. The highest BCUT2D eigenvalue weighted by atomic mass is 16.3. The van der Waals surface area contributed by atoms with Gasteiger partial charge in [0, 0.05) is 38.1 Å². The highest BCUT2D eigenvalue weighted by molar-refractivity contribution is 6.22. The maximum absolute atomic E-state index is 6.23. The van der Waals surface area contributed by atoms with Crippen molar-refractivity contribution in [2.24, 2.45) is 0 Å². The average molecular weight is 473 g/mol. The summed E-state index contributed by atoms with van der Waals surface area (Å²) < 4.78 is 6.23. The Kier molecular flexibility index (Phi) is 4.23. The molecule has 0 atom stereocenters. The van der Waals surface area contributed by atoms with Gasteiger partial charge in [-0.15, -0.1) is 0 Å². The molecule has 6 aromatic carbocycles. The third-order valence-electron chi connectivity index (χ3n) is 7.26. The lowest BCUT2D eigenvalue weighted by molar-refractivity contribution is 0.669. The molecule has 0 saturated carbocycles. The van der Waals surface area contributed by atoms with Gasteiger partial charge in [0.1, 0.15) is 11.2 Å². The normalized spacial score (nSPS) is 11.8. The molecule has 2 aromatic heterocycles. The van der Waals surface area contributed by atoms with Crippen LogP contribution in [0.25, 0.3) is 77.0 Å². The number of nitrogens with zero attached hydrogens (tertiary/aromatic N) is 2. The lowest BCUT2D eigenvalue weighted by atomic mass is 9.97. The highest BCUT2D eigenvalue weighted by Crippen LogP contribution is 2.40. The minimum Gasteiger partial charge on any atom is -0.456 e. The predicted molar refractivity (Wildman–Crippen MR) is 153 cm³/mol. The fraction of sp³-hybridized carbons (Fsp3) is 0. The van der Waals surface area contributed by atoms with Gasteiger partial charge < -0.3 is 4.42 Å². The minimum absolute atomic E-state index is 0.714. The molecule has 172 valence electrons. The summed E-state index contributed by atoms with van der Waals surface area (Å²) in [6.45, 7) is 0. The van der Waals surface area contributed by atoms with Crippen molar-refractivity contribution in [3.63, 3.8) is 0 Å². The van der Waals surface area contributed by atoms with E-state index in [0.29, 0.717) is 5.82 Å². The second-order valence-electron chi connectivity index (χ2n) is 9.39. The smallest absolute Gasteiger partial charge is 0.161 e. The molecule has 2 heterocycles. The van der Waals surface area contributed by atoms with Crippen LogP contribution in [0.15, 0.2) is 126 Å². The molecule has 0 radical (unpaired) electrons. The summed E-state index contributed by atoms with van der Waals surface area (Å²) in [6.07, 6.45) is 0. The molecule has 0 fully saturated rings. The van der Waals surface area contributed by atoms with Gasteiger partial charge in [-0.25, -0.2) is 9.97 Å². The first kappa shape index (κ1) is 20.2. The maximum atomic E-state index is 6.23. The molecule has 0 N–H and O–H groups in total. The molecule has 37 heavy (non-hydrogen) atoms. The van der Waals surface area contributed by atoms with Crippen LogP contribution in [0.5, 0.6) is 0 Å². The van der Waals surface area contributed by atoms with Gasteiger partial charge in [-0.1, -0.05) is 103 Å². The van der Waals surface area contributed by atoms with Gasteiger partial charge in [-0.3, -0.25) is 0 Å². The molecule has 0 amide bonds. The van der Waals surface area contributed by atoms with E-state index in [1.165, 1.54) is 5.39 Å². The van der Waals surface area contributed by atoms with Crippen molar-refractivity contribution in [3.05, 3.63) is 121 Å². The molecule has 0 aliphatic heterocycles. The van der Waals surface area contributed by atoms with Crippen LogP contribution in [0.2, 0.25) is 0 Å². The molecule has 8 rings (SSSR count).